The van der Waals surface area contributed by atoms with Crippen molar-refractivity contribution in [3.63, 3.8) is 0 Å². The number of hydrogen-bond acceptors (Lipinski definition) is 5. The SMILES string of the molecule is COC(=O)c1ccccc1CNCc1cc(C)on1. The lowest BCUT2D eigenvalue weighted by Crippen LogP contribution is -2.16. The molecule has 100 valence electrons. The number of nitrogens with zero attached hydrogens (tertiary/aromatic N) is 1. The summed E-state index contributed by atoms with van der Waals surface area (Å²) >= 11 is 0. The number of aromatic nitrogens is 1. The van der Waals surface area contributed by atoms with Gasteiger partial charge in [-0.25, -0.2) is 4.79 Å². The van der Waals surface area contributed by atoms with E-state index in [9.17, 15) is 4.79 Å². The smallest absolute Gasteiger partial charge is 0.338 e. The third kappa shape index (κ3) is 3.42. The third-order valence-corrected chi connectivity index (χ3v) is 2.72. The molecule has 1 aromatic carbocycles. The van der Waals surface area contributed by atoms with Crippen LogP contribution in [0.2, 0.25) is 0 Å². The summed E-state index contributed by atoms with van der Waals surface area (Å²) < 4.78 is 9.73. The molecule has 0 fully saturated rings. The predicted molar refractivity (Wildman–Crippen MR) is 69.6 cm³/mol. The van der Waals surface area contributed by atoms with Gasteiger partial charge in [-0.05, 0) is 18.6 Å². The molecule has 1 aromatic heterocycles. The van der Waals surface area contributed by atoms with Crippen molar-refractivity contribution in [2.24, 2.45) is 0 Å². The number of carbonyl (C=O) groups excluding carboxylic acids is 1. The van der Waals surface area contributed by atoms with Crippen LogP contribution in [0, 0.1) is 6.92 Å². The van der Waals surface area contributed by atoms with Crippen molar-refractivity contribution in [2.75, 3.05) is 7.11 Å². The summed E-state index contributed by atoms with van der Waals surface area (Å²) in [6.07, 6.45) is 0. The maximum atomic E-state index is 11.6. The van der Waals surface area contributed by atoms with Crippen LogP contribution in [0.15, 0.2) is 34.9 Å². The highest BCUT2D eigenvalue weighted by Crippen LogP contribution is 2.10. The zero-order valence-corrected chi connectivity index (χ0v) is 11.0. The Morgan fingerprint density at radius 1 is 1.37 bits per heavy atom. The normalized spacial score (nSPS) is 10.4. The molecule has 5 nitrogen and oxygen atoms in total. The second kappa shape index (κ2) is 6.15. The molecule has 0 bridgehead atoms. The maximum Gasteiger partial charge on any atom is 0.338 e. The third-order valence-electron chi connectivity index (χ3n) is 2.72. The van der Waals surface area contributed by atoms with Gasteiger partial charge < -0.3 is 14.6 Å². The average molecular weight is 260 g/mol. The predicted octanol–water partition coefficient (Wildman–Crippen LogP) is 2.06. The van der Waals surface area contributed by atoms with Gasteiger partial charge >= 0.3 is 5.97 Å². The van der Waals surface area contributed by atoms with Crippen LogP contribution in [0.5, 0.6) is 0 Å². The summed E-state index contributed by atoms with van der Waals surface area (Å²) in [6.45, 7) is 3.01. The molecule has 0 unspecified atom stereocenters. The monoisotopic (exact) mass is 260 g/mol. The number of methoxy groups -OCH3 is 1. The van der Waals surface area contributed by atoms with Crippen LogP contribution in [0.25, 0.3) is 0 Å². The molecule has 0 aliphatic rings. The van der Waals surface area contributed by atoms with Crippen molar-refractivity contribution in [3.8, 4) is 0 Å². The zero-order valence-electron chi connectivity index (χ0n) is 11.0. The average Bonchev–Trinajstić information content (AvgIpc) is 2.84. The lowest BCUT2D eigenvalue weighted by molar-refractivity contribution is 0.0599. The second-order valence-corrected chi connectivity index (χ2v) is 4.18. The van der Waals surface area contributed by atoms with Crippen molar-refractivity contribution >= 4 is 5.97 Å². The molecule has 0 spiro atoms. The fourth-order valence-electron chi connectivity index (χ4n) is 1.81. The number of rotatable bonds is 5. The van der Waals surface area contributed by atoms with Crippen molar-refractivity contribution in [1.82, 2.24) is 10.5 Å². The highest BCUT2D eigenvalue weighted by atomic mass is 16.5. The number of benzene rings is 1. The van der Waals surface area contributed by atoms with Crippen molar-refractivity contribution in [1.29, 1.82) is 0 Å². The zero-order chi connectivity index (χ0) is 13.7. The molecule has 0 saturated carbocycles. The van der Waals surface area contributed by atoms with E-state index < -0.39 is 0 Å². The van der Waals surface area contributed by atoms with Crippen LogP contribution in [0.1, 0.15) is 27.4 Å². The first kappa shape index (κ1) is 13.3. The maximum absolute atomic E-state index is 11.6. The molecule has 1 heterocycles. The summed E-state index contributed by atoms with van der Waals surface area (Å²) in [5, 5.41) is 7.11. The van der Waals surface area contributed by atoms with Gasteiger partial charge in [-0.3, -0.25) is 0 Å². The Bertz CT molecular complexity index is 563. The van der Waals surface area contributed by atoms with E-state index >= 15 is 0 Å². The van der Waals surface area contributed by atoms with E-state index in [1.54, 1.807) is 6.07 Å². The van der Waals surface area contributed by atoms with Crippen LogP contribution in [-0.2, 0) is 17.8 Å². The number of ether oxygens (including phenoxy) is 1. The van der Waals surface area contributed by atoms with E-state index in [0.29, 0.717) is 18.7 Å². The van der Waals surface area contributed by atoms with E-state index in [2.05, 4.69) is 10.5 Å². The Kier molecular flexibility index (Phi) is 4.30. The molecule has 1 N–H and O–H groups in total. The Balaban J connectivity index is 1.97. The Morgan fingerprint density at radius 3 is 2.84 bits per heavy atom. The molecule has 2 aromatic rings. The van der Waals surface area contributed by atoms with E-state index in [1.807, 2.05) is 31.2 Å². The summed E-state index contributed by atoms with van der Waals surface area (Å²) in [5.74, 6) is 0.460. The van der Waals surface area contributed by atoms with Gasteiger partial charge in [-0.2, -0.15) is 0 Å². The molecule has 0 amide bonds. The second-order valence-electron chi connectivity index (χ2n) is 4.18. The van der Waals surface area contributed by atoms with Crippen LogP contribution < -0.4 is 5.32 Å². The fourth-order valence-corrected chi connectivity index (χ4v) is 1.81. The van der Waals surface area contributed by atoms with E-state index in [0.717, 1.165) is 17.0 Å². The van der Waals surface area contributed by atoms with Gasteiger partial charge in [0.05, 0.1) is 18.4 Å². The number of hydrogen-bond donors (Lipinski definition) is 1. The van der Waals surface area contributed by atoms with Gasteiger partial charge in [0.25, 0.3) is 0 Å². The highest BCUT2D eigenvalue weighted by molar-refractivity contribution is 5.90. The molecular weight excluding hydrogens is 244 g/mol. The van der Waals surface area contributed by atoms with Crippen molar-refractivity contribution < 1.29 is 14.1 Å². The minimum atomic E-state index is -0.324. The van der Waals surface area contributed by atoms with Gasteiger partial charge in [-0.1, -0.05) is 23.4 Å². The summed E-state index contributed by atoms with van der Waals surface area (Å²) in [4.78, 5) is 11.6. The lowest BCUT2D eigenvalue weighted by atomic mass is 10.1. The van der Waals surface area contributed by atoms with Gasteiger partial charge in [0.2, 0.25) is 0 Å². The first-order valence-corrected chi connectivity index (χ1v) is 6.00. The van der Waals surface area contributed by atoms with E-state index in [4.69, 9.17) is 9.26 Å². The molecule has 19 heavy (non-hydrogen) atoms. The number of carbonyl (C=O) groups is 1. The Hall–Kier alpha value is -2.14. The van der Waals surface area contributed by atoms with E-state index in [-0.39, 0.29) is 5.97 Å². The topological polar surface area (TPSA) is 64.4 Å². The fraction of sp³-hybridized carbons (Fsp3) is 0.286. The molecular formula is C14H16N2O3. The summed E-state index contributed by atoms with van der Waals surface area (Å²) in [5.41, 5.74) is 2.32. The Morgan fingerprint density at radius 2 is 2.16 bits per heavy atom. The van der Waals surface area contributed by atoms with Gasteiger partial charge in [0, 0.05) is 19.2 Å². The van der Waals surface area contributed by atoms with Crippen LogP contribution in [0.3, 0.4) is 0 Å². The minimum Gasteiger partial charge on any atom is -0.465 e. The number of esters is 1. The minimum absolute atomic E-state index is 0.324. The molecule has 5 heteroatoms. The quantitative estimate of drug-likeness (QED) is 0.834. The largest absolute Gasteiger partial charge is 0.465 e. The molecule has 0 atom stereocenters. The van der Waals surface area contributed by atoms with E-state index in [1.165, 1.54) is 7.11 Å². The summed E-state index contributed by atoms with van der Waals surface area (Å²) in [7, 11) is 1.38. The standard InChI is InChI=1S/C14H16N2O3/c1-10-7-12(16-19-10)9-15-8-11-5-3-4-6-13(11)14(17)18-2/h3-7,15H,8-9H2,1-2H3. The number of nitrogens with one attached hydrogen (secondary N) is 1. The summed E-state index contributed by atoms with van der Waals surface area (Å²) in [6, 6.07) is 9.23. The van der Waals surface area contributed by atoms with Gasteiger partial charge in [0.1, 0.15) is 5.76 Å². The van der Waals surface area contributed by atoms with Crippen LogP contribution >= 0.6 is 0 Å². The molecule has 0 aliphatic heterocycles. The van der Waals surface area contributed by atoms with Gasteiger partial charge in [0.15, 0.2) is 0 Å². The Labute approximate surface area is 111 Å². The highest BCUT2D eigenvalue weighted by Gasteiger charge is 2.10. The van der Waals surface area contributed by atoms with Crippen molar-refractivity contribution in [3.05, 3.63) is 52.9 Å². The first-order valence-electron chi connectivity index (χ1n) is 6.00. The van der Waals surface area contributed by atoms with Crippen LogP contribution in [0.4, 0.5) is 0 Å². The lowest BCUT2D eigenvalue weighted by Gasteiger charge is -2.08. The molecule has 2 rings (SSSR count). The molecule has 0 saturated heterocycles. The molecule has 0 radical (unpaired) electrons. The van der Waals surface area contributed by atoms with Crippen molar-refractivity contribution in [2.45, 2.75) is 20.0 Å². The van der Waals surface area contributed by atoms with Crippen LogP contribution in [-0.4, -0.2) is 18.2 Å². The van der Waals surface area contributed by atoms with Gasteiger partial charge in [-0.15, -0.1) is 0 Å². The first-order chi connectivity index (χ1) is 9.20. The number of aryl methyl sites for hydroxylation is 1. The molecule has 0 aliphatic carbocycles.